The van der Waals surface area contributed by atoms with Gasteiger partial charge in [0.1, 0.15) is 0 Å². The lowest BCUT2D eigenvalue weighted by atomic mass is 9.61. The molecular weight excluding hydrogens is 573 g/mol. The molecule has 4 fully saturated rings. The van der Waals surface area contributed by atoms with E-state index in [0.717, 1.165) is 12.8 Å². The molecular formula is C39H68O3Si2. The lowest BCUT2D eigenvalue weighted by Crippen LogP contribution is -2.49. The highest BCUT2D eigenvalue weighted by atomic mass is 28.4. The van der Waals surface area contributed by atoms with Gasteiger partial charge in [-0.25, -0.2) is 0 Å². The molecule has 1 unspecified atom stereocenters. The van der Waals surface area contributed by atoms with Crippen molar-refractivity contribution in [1.82, 2.24) is 0 Å². The maximum absolute atomic E-state index is 10.5. The highest BCUT2D eigenvalue weighted by Gasteiger charge is 2.50. The molecule has 250 valence electrons. The van der Waals surface area contributed by atoms with Crippen molar-refractivity contribution >= 4 is 16.6 Å². The van der Waals surface area contributed by atoms with E-state index in [-0.39, 0.29) is 28.4 Å². The molecule has 3 nitrogen and oxygen atoms in total. The maximum atomic E-state index is 10.5. The van der Waals surface area contributed by atoms with Crippen LogP contribution in [0, 0.1) is 29.1 Å². The van der Waals surface area contributed by atoms with Crippen LogP contribution in [0.2, 0.25) is 36.3 Å². The Bertz CT molecular complexity index is 1130. The predicted molar refractivity (Wildman–Crippen MR) is 194 cm³/mol. The second kappa shape index (κ2) is 13.1. The monoisotopic (exact) mass is 640 g/mol. The molecule has 7 atom stereocenters. The second-order valence-electron chi connectivity index (χ2n) is 18.4. The average Bonchev–Trinajstić information content (AvgIpc) is 3.68. The van der Waals surface area contributed by atoms with Gasteiger partial charge in [0, 0.05) is 6.42 Å². The third kappa shape index (κ3) is 7.86. The molecule has 0 aromatic heterocycles. The van der Waals surface area contributed by atoms with Gasteiger partial charge in [-0.1, -0.05) is 91.8 Å². The molecule has 0 bridgehead atoms. The van der Waals surface area contributed by atoms with Crippen molar-refractivity contribution in [2.75, 3.05) is 0 Å². The molecule has 4 aliphatic rings. The van der Waals surface area contributed by atoms with Crippen LogP contribution in [0.25, 0.3) is 0 Å². The van der Waals surface area contributed by atoms with Gasteiger partial charge < -0.3 is 14.0 Å². The van der Waals surface area contributed by atoms with E-state index < -0.39 is 16.6 Å². The van der Waals surface area contributed by atoms with E-state index >= 15 is 0 Å². The summed E-state index contributed by atoms with van der Waals surface area (Å²) in [4.78, 5) is 0. The molecule has 1 N–H and O–H groups in total. The fourth-order valence-electron chi connectivity index (χ4n) is 7.93. The average molecular weight is 641 g/mol. The SMILES string of the molecule is C=C1/C(=C/C=C2\CCC[C@]3(C)C([C@H](C)/C=C/[C@H](O)C4CC4)CC[C@@H]23)C[C@@H](O[Si](C)(C)C(C)(C)C)C[C@@H]1O[Si](C)(C)C(C)(C)C. The minimum Gasteiger partial charge on any atom is -0.413 e. The molecule has 0 aliphatic heterocycles. The Kier molecular flexibility index (Phi) is 10.7. The Morgan fingerprint density at radius 1 is 0.909 bits per heavy atom. The van der Waals surface area contributed by atoms with Crippen LogP contribution in [0.15, 0.2) is 47.6 Å². The van der Waals surface area contributed by atoms with Gasteiger partial charge >= 0.3 is 0 Å². The van der Waals surface area contributed by atoms with Gasteiger partial charge in [-0.15, -0.1) is 0 Å². The smallest absolute Gasteiger partial charge is 0.192 e. The van der Waals surface area contributed by atoms with Crippen LogP contribution in [0.5, 0.6) is 0 Å². The molecule has 0 radical (unpaired) electrons. The summed E-state index contributed by atoms with van der Waals surface area (Å²) >= 11 is 0. The molecule has 44 heavy (non-hydrogen) atoms. The summed E-state index contributed by atoms with van der Waals surface area (Å²) in [6, 6.07) is 0. The van der Waals surface area contributed by atoms with E-state index in [0.29, 0.717) is 29.1 Å². The number of aliphatic hydroxyl groups is 1. The number of aliphatic hydroxyl groups excluding tert-OH is 1. The zero-order valence-electron chi connectivity index (χ0n) is 30.7. The first-order valence-electron chi connectivity index (χ1n) is 18.0. The van der Waals surface area contributed by atoms with Crippen molar-refractivity contribution in [3.63, 3.8) is 0 Å². The van der Waals surface area contributed by atoms with Crippen LogP contribution in [0.4, 0.5) is 0 Å². The Labute approximate surface area is 274 Å². The minimum absolute atomic E-state index is 0.0233. The van der Waals surface area contributed by atoms with Gasteiger partial charge in [0.05, 0.1) is 18.3 Å². The van der Waals surface area contributed by atoms with E-state index in [1.807, 2.05) is 0 Å². The summed E-state index contributed by atoms with van der Waals surface area (Å²) in [6.07, 6.45) is 19.9. The van der Waals surface area contributed by atoms with Crippen LogP contribution in [-0.4, -0.2) is 40.1 Å². The Morgan fingerprint density at radius 3 is 2.11 bits per heavy atom. The fourth-order valence-corrected chi connectivity index (χ4v) is 10.6. The lowest BCUT2D eigenvalue weighted by Gasteiger charge is -2.45. The first-order chi connectivity index (χ1) is 20.2. The predicted octanol–water partition coefficient (Wildman–Crippen LogP) is 11.1. The third-order valence-electron chi connectivity index (χ3n) is 13.1. The number of allylic oxidation sites excluding steroid dienone is 4. The van der Waals surface area contributed by atoms with Gasteiger partial charge in [0.15, 0.2) is 16.6 Å². The Morgan fingerprint density at radius 2 is 1.52 bits per heavy atom. The molecule has 0 amide bonds. The van der Waals surface area contributed by atoms with Crippen molar-refractivity contribution < 1.29 is 14.0 Å². The quantitative estimate of drug-likeness (QED) is 0.201. The normalized spacial score (nSPS) is 34.2. The van der Waals surface area contributed by atoms with Crippen molar-refractivity contribution in [2.45, 2.75) is 168 Å². The molecule has 0 aromatic rings. The maximum Gasteiger partial charge on any atom is 0.192 e. The van der Waals surface area contributed by atoms with Crippen molar-refractivity contribution in [3.8, 4) is 0 Å². The van der Waals surface area contributed by atoms with Crippen molar-refractivity contribution in [2.24, 2.45) is 29.1 Å². The van der Waals surface area contributed by atoms with E-state index in [9.17, 15) is 5.11 Å². The molecule has 4 aliphatic carbocycles. The summed E-state index contributed by atoms with van der Waals surface area (Å²) in [5, 5.41) is 10.8. The molecule has 5 heteroatoms. The molecule has 0 spiro atoms. The van der Waals surface area contributed by atoms with E-state index in [4.69, 9.17) is 8.85 Å². The van der Waals surface area contributed by atoms with E-state index in [2.05, 4.69) is 112 Å². The minimum atomic E-state index is -1.98. The van der Waals surface area contributed by atoms with Gasteiger partial charge in [-0.2, -0.15) is 0 Å². The van der Waals surface area contributed by atoms with Gasteiger partial charge in [-0.3, -0.25) is 0 Å². The van der Waals surface area contributed by atoms with E-state index in [1.165, 1.54) is 56.1 Å². The molecule has 0 heterocycles. The van der Waals surface area contributed by atoms with Crippen molar-refractivity contribution in [1.29, 1.82) is 0 Å². The Hall–Kier alpha value is -0.726. The summed E-state index contributed by atoms with van der Waals surface area (Å²) in [5.41, 5.74) is 4.49. The molecule has 0 saturated heterocycles. The van der Waals surface area contributed by atoms with Gasteiger partial charge in [0.2, 0.25) is 0 Å². The topological polar surface area (TPSA) is 38.7 Å². The largest absolute Gasteiger partial charge is 0.413 e. The number of hydrogen-bond acceptors (Lipinski definition) is 3. The zero-order chi connectivity index (χ0) is 32.9. The zero-order valence-corrected chi connectivity index (χ0v) is 32.7. The first-order valence-corrected chi connectivity index (χ1v) is 23.8. The van der Waals surface area contributed by atoms with Crippen LogP contribution in [0.1, 0.15) is 113 Å². The number of hydrogen-bond donors (Lipinski definition) is 1. The highest BCUT2D eigenvalue weighted by molar-refractivity contribution is 6.74. The standard InChI is InChI=1S/C39H68O3Si2/c1-27(16-23-35(40)30-18-19-30)33-21-22-34-29(15-14-24-39(33,34)9)17-20-31-25-32(41-43(10,11)37(3,4)5)26-36(28(31)2)42-44(12,13)38(6,7)8/h16-17,20,23,27,30,32-36,40H,2,14-15,18-19,21-22,24-26H2,1,3-13H3/b23-16+,29-17+,31-20+/t27-,32-,33?,34+,35+,36+,39-/m1/s1. The van der Waals surface area contributed by atoms with Crippen LogP contribution >= 0.6 is 0 Å². The summed E-state index contributed by atoms with van der Waals surface area (Å²) in [5.74, 6) is 2.35. The lowest BCUT2D eigenvalue weighted by molar-refractivity contribution is 0.0969. The van der Waals surface area contributed by atoms with Crippen molar-refractivity contribution in [3.05, 3.63) is 47.6 Å². The first kappa shape index (κ1) is 36.1. The summed E-state index contributed by atoms with van der Waals surface area (Å²) < 4.78 is 14.2. The van der Waals surface area contributed by atoms with Gasteiger partial charge in [0.25, 0.3) is 0 Å². The second-order valence-corrected chi connectivity index (χ2v) is 27.9. The summed E-state index contributed by atoms with van der Waals surface area (Å²) in [6.45, 7) is 33.2. The summed E-state index contributed by atoms with van der Waals surface area (Å²) in [7, 11) is -3.90. The number of rotatable bonds is 9. The highest BCUT2D eigenvalue weighted by Crippen LogP contribution is 2.59. The van der Waals surface area contributed by atoms with Crippen LogP contribution in [0.3, 0.4) is 0 Å². The third-order valence-corrected chi connectivity index (χ3v) is 22.1. The molecule has 4 saturated carbocycles. The van der Waals surface area contributed by atoms with Gasteiger partial charge in [-0.05, 0) is 128 Å². The van der Waals surface area contributed by atoms with Crippen LogP contribution < -0.4 is 0 Å². The molecule has 0 aromatic carbocycles. The fraction of sp³-hybridized carbons (Fsp3) is 0.795. The Balaban J connectivity index is 1.57. The van der Waals surface area contributed by atoms with E-state index in [1.54, 1.807) is 5.57 Å². The molecule has 4 rings (SSSR count). The van der Waals surface area contributed by atoms with Crippen LogP contribution in [-0.2, 0) is 8.85 Å². The number of fused-ring (bicyclic) bond motifs is 1.